The van der Waals surface area contributed by atoms with Crippen LogP contribution in [0.1, 0.15) is 23.4 Å². The van der Waals surface area contributed by atoms with Crippen LogP contribution in [0.3, 0.4) is 0 Å². The van der Waals surface area contributed by atoms with Gasteiger partial charge in [-0.25, -0.2) is 0 Å². The fourth-order valence-corrected chi connectivity index (χ4v) is 1.97. The molecule has 1 atom stereocenters. The molecule has 0 spiro atoms. The van der Waals surface area contributed by atoms with Gasteiger partial charge in [0.25, 0.3) is 0 Å². The monoisotopic (exact) mass is 180 g/mol. The summed E-state index contributed by atoms with van der Waals surface area (Å²) in [6.07, 6.45) is 2.40. The molecule has 1 aliphatic heterocycles. The van der Waals surface area contributed by atoms with Gasteiger partial charge in [0.2, 0.25) is 0 Å². The Bertz CT molecular complexity index is 268. The average molecular weight is 180 g/mol. The second-order valence-corrected chi connectivity index (χ2v) is 3.87. The van der Waals surface area contributed by atoms with Crippen LogP contribution in [0.25, 0.3) is 0 Å². The highest BCUT2D eigenvalue weighted by molar-refractivity contribution is 5.21. The van der Waals surface area contributed by atoms with Gasteiger partial charge >= 0.3 is 0 Å². The van der Waals surface area contributed by atoms with E-state index in [1.54, 1.807) is 0 Å². The zero-order chi connectivity index (χ0) is 9.26. The van der Waals surface area contributed by atoms with Crippen LogP contribution in [0.2, 0.25) is 0 Å². The van der Waals surface area contributed by atoms with Crippen LogP contribution < -0.4 is 5.32 Å². The van der Waals surface area contributed by atoms with E-state index in [9.17, 15) is 0 Å². The van der Waals surface area contributed by atoms with Gasteiger partial charge in [0.1, 0.15) is 5.76 Å². The fraction of sp³-hybridized carbons (Fsp3) is 0.700. The van der Waals surface area contributed by atoms with Crippen LogP contribution in [0, 0.1) is 19.8 Å². The molecule has 2 heterocycles. The molecule has 1 aromatic heterocycles. The van der Waals surface area contributed by atoms with Gasteiger partial charge in [-0.2, -0.15) is 0 Å². The van der Waals surface area contributed by atoms with Crippen molar-refractivity contribution in [2.75, 3.05) is 13.1 Å². The Labute approximate surface area is 78.5 Å². The van der Waals surface area contributed by atoms with Crippen LogP contribution in [-0.2, 0) is 6.42 Å². The number of rotatable bonds is 2. The molecule has 1 unspecified atom stereocenters. The highest BCUT2D eigenvalue weighted by Gasteiger charge is 2.18. The van der Waals surface area contributed by atoms with Crippen molar-refractivity contribution in [3.63, 3.8) is 0 Å². The molecule has 1 fully saturated rings. The predicted molar refractivity (Wildman–Crippen MR) is 50.7 cm³/mol. The SMILES string of the molecule is Cc1noc(C)c1CC1CCNC1. The summed E-state index contributed by atoms with van der Waals surface area (Å²) in [5.41, 5.74) is 2.37. The van der Waals surface area contributed by atoms with E-state index in [2.05, 4.69) is 10.5 Å². The summed E-state index contributed by atoms with van der Waals surface area (Å²) in [7, 11) is 0. The molecule has 13 heavy (non-hydrogen) atoms. The largest absolute Gasteiger partial charge is 0.361 e. The number of hydrogen-bond donors (Lipinski definition) is 1. The minimum Gasteiger partial charge on any atom is -0.361 e. The molecule has 0 bridgehead atoms. The number of aryl methyl sites for hydroxylation is 2. The number of aromatic nitrogens is 1. The summed E-state index contributed by atoms with van der Waals surface area (Å²) in [5, 5.41) is 7.34. The molecule has 1 N–H and O–H groups in total. The molecule has 2 rings (SSSR count). The molecule has 3 heteroatoms. The molecule has 0 aromatic carbocycles. The zero-order valence-corrected chi connectivity index (χ0v) is 8.26. The second kappa shape index (κ2) is 3.50. The van der Waals surface area contributed by atoms with Crippen molar-refractivity contribution in [2.24, 2.45) is 5.92 Å². The molecular weight excluding hydrogens is 164 g/mol. The van der Waals surface area contributed by atoms with Crippen LogP contribution in [-0.4, -0.2) is 18.2 Å². The van der Waals surface area contributed by atoms with E-state index in [1.807, 2.05) is 13.8 Å². The minimum atomic E-state index is 0.775. The second-order valence-electron chi connectivity index (χ2n) is 3.87. The maximum absolute atomic E-state index is 5.14. The van der Waals surface area contributed by atoms with Crippen molar-refractivity contribution in [3.05, 3.63) is 17.0 Å². The molecule has 1 aliphatic rings. The Balaban J connectivity index is 2.07. The summed E-state index contributed by atoms with van der Waals surface area (Å²) in [5.74, 6) is 1.76. The first-order valence-electron chi connectivity index (χ1n) is 4.90. The molecule has 0 radical (unpaired) electrons. The Hall–Kier alpha value is -0.830. The van der Waals surface area contributed by atoms with Gasteiger partial charge in [0.15, 0.2) is 0 Å². The van der Waals surface area contributed by atoms with Crippen LogP contribution in [0.15, 0.2) is 4.52 Å². The lowest BCUT2D eigenvalue weighted by Gasteiger charge is -2.06. The highest BCUT2D eigenvalue weighted by Crippen LogP contribution is 2.20. The van der Waals surface area contributed by atoms with Gasteiger partial charge in [0.05, 0.1) is 5.69 Å². The van der Waals surface area contributed by atoms with E-state index in [-0.39, 0.29) is 0 Å². The van der Waals surface area contributed by atoms with Crippen molar-refractivity contribution in [2.45, 2.75) is 26.7 Å². The summed E-state index contributed by atoms with van der Waals surface area (Å²) in [4.78, 5) is 0. The van der Waals surface area contributed by atoms with Gasteiger partial charge < -0.3 is 9.84 Å². The van der Waals surface area contributed by atoms with Gasteiger partial charge in [-0.3, -0.25) is 0 Å². The molecule has 72 valence electrons. The first-order chi connectivity index (χ1) is 6.27. The third-order valence-corrected chi connectivity index (χ3v) is 2.84. The van der Waals surface area contributed by atoms with E-state index in [1.165, 1.54) is 12.0 Å². The van der Waals surface area contributed by atoms with Crippen LogP contribution >= 0.6 is 0 Å². The molecule has 1 aromatic rings. The van der Waals surface area contributed by atoms with Crippen LogP contribution in [0.4, 0.5) is 0 Å². The number of nitrogens with zero attached hydrogens (tertiary/aromatic N) is 1. The van der Waals surface area contributed by atoms with Crippen molar-refractivity contribution in [1.82, 2.24) is 10.5 Å². The van der Waals surface area contributed by atoms with Crippen LogP contribution in [0.5, 0.6) is 0 Å². The van der Waals surface area contributed by atoms with E-state index in [0.717, 1.165) is 36.9 Å². The number of hydrogen-bond acceptors (Lipinski definition) is 3. The topological polar surface area (TPSA) is 38.1 Å². The quantitative estimate of drug-likeness (QED) is 0.748. The molecule has 0 amide bonds. The van der Waals surface area contributed by atoms with Gasteiger partial charge in [-0.05, 0) is 45.7 Å². The maximum Gasteiger partial charge on any atom is 0.137 e. The van der Waals surface area contributed by atoms with E-state index in [4.69, 9.17) is 4.52 Å². The fourth-order valence-electron chi connectivity index (χ4n) is 1.97. The van der Waals surface area contributed by atoms with E-state index < -0.39 is 0 Å². The van der Waals surface area contributed by atoms with Crippen molar-refractivity contribution < 1.29 is 4.52 Å². The molecule has 0 aliphatic carbocycles. The van der Waals surface area contributed by atoms with Gasteiger partial charge in [0, 0.05) is 5.56 Å². The standard InChI is InChI=1S/C10H16N2O/c1-7-10(8(2)13-12-7)5-9-3-4-11-6-9/h9,11H,3-6H2,1-2H3. The zero-order valence-electron chi connectivity index (χ0n) is 8.26. The first-order valence-corrected chi connectivity index (χ1v) is 4.90. The van der Waals surface area contributed by atoms with E-state index >= 15 is 0 Å². The first kappa shape index (κ1) is 8.75. The normalized spacial score (nSPS) is 22.5. The average Bonchev–Trinajstić information content (AvgIpc) is 2.70. The maximum atomic E-state index is 5.14. The number of nitrogens with one attached hydrogen (secondary N) is 1. The highest BCUT2D eigenvalue weighted by atomic mass is 16.5. The third-order valence-electron chi connectivity index (χ3n) is 2.84. The van der Waals surface area contributed by atoms with E-state index in [0.29, 0.717) is 0 Å². The van der Waals surface area contributed by atoms with Crippen molar-refractivity contribution >= 4 is 0 Å². The lowest BCUT2D eigenvalue weighted by molar-refractivity contribution is 0.391. The van der Waals surface area contributed by atoms with Gasteiger partial charge in [-0.1, -0.05) is 5.16 Å². The molecular formula is C10H16N2O. The Kier molecular flexibility index (Phi) is 2.36. The Morgan fingerprint density at radius 2 is 2.38 bits per heavy atom. The molecule has 0 saturated carbocycles. The van der Waals surface area contributed by atoms with Gasteiger partial charge in [-0.15, -0.1) is 0 Å². The Morgan fingerprint density at radius 3 is 2.92 bits per heavy atom. The third kappa shape index (κ3) is 1.75. The summed E-state index contributed by atoms with van der Waals surface area (Å²) in [6, 6.07) is 0. The molecule has 3 nitrogen and oxygen atoms in total. The minimum absolute atomic E-state index is 0.775. The lowest BCUT2D eigenvalue weighted by atomic mass is 9.98. The lowest BCUT2D eigenvalue weighted by Crippen LogP contribution is -2.11. The summed E-state index contributed by atoms with van der Waals surface area (Å²) >= 11 is 0. The predicted octanol–water partition coefficient (Wildman–Crippen LogP) is 1.44. The molecule has 1 saturated heterocycles. The van der Waals surface area contributed by atoms with Crippen molar-refractivity contribution in [3.8, 4) is 0 Å². The Morgan fingerprint density at radius 1 is 1.54 bits per heavy atom. The smallest absolute Gasteiger partial charge is 0.137 e. The summed E-state index contributed by atoms with van der Waals surface area (Å²) in [6.45, 7) is 6.32. The summed E-state index contributed by atoms with van der Waals surface area (Å²) < 4.78 is 5.14. The van der Waals surface area contributed by atoms with Crippen molar-refractivity contribution in [1.29, 1.82) is 0 Å².